The van der Waals surface area contributed by atoms with Crippen molar-refractivity contribution in [2.75, 3.05) is 20.6 Å². The number of nitrogens with zero attached hydrogens (tertiary/aromatic N) is 1. The van der Waals surface area contributed by atoms with Crippen LogP contribution in [0.5, 0.6) is 0 Å². The van der Waals surface area contributed by atoms with Gasteiger partial charge in [0, 0.05) is 20.1 Å². The van der Waals surface area contributed by atoms with E-state index in [9.17, 15) is 13.2 Å². The number of nitrogens with one attached hydrogen (secondary N) is 2. The summed E-state index contributed by atoms with van der Waals surface area (Å²) in [7, 11) is -0.677. The second kappa shape index (κ2) is 5.60. The Morgan fingerprint density at radius 3 is 2.38 bits per heavy atom. The number of carbonyl (C=O) groups is 1. The maximum absolute atomic E-state index is 11.4. The van der Waals surface area contributed by atoms with Gasteiger partial charge in [-0.1, -0.05) is 12.8 Å². The summed E-state index contributed by atoms with van der Waals surface area (Å²) in [6.07, 6.45) is 4.25. The molecule has 0 aliphatic heterocycles. The molecule has 1 aliphatic carbocycles. The van der Waals surface area contributed by atoms with Crippen LogP contribution in [0.2, 0.25) is 0 Å². The van der Waals surface area contributed by atoms with Crippen LogP contribution in [0.15, 0.2) is 0 Å². The quantitative estimate of drug-likeness (QED) is 0.685. The molecule has 1 saturated carbocycles. The third-order valence-electron chi connectivity index (χ3n) is 2.62. The van der Waals surface area contributed by atoms with Gasteiger partial charge in [0.15, 0.2) is 0 Å². The first-order valence-corrected chi connectivity index (χ1v) is 6.82. The highest BCUT2D eigenvalue weighted by Crippen LogP contribution is 2.17. The Balaban J connectivity index is 2.29. The summed E-state index contributed by atoms with van der Waals surface area (Å²) < 4.78 is 25.9. The molecule has 0 aromatic rings. The SMILES string of the molecule is CN(C)S(=O)(=O)NCC(=O)NC1CCCC1. The molecule has 1 amide bonds. The fourth-order valence-corrected chi connectivity index (χ4v) is 2.21. The van der Waals surface area contributed by atoms with Gasteiger partial charge in [0.05, 0.1) is 6.54 Å². The highest BCUT2D eigenvalue weighted by atomic mass is 32.2. The molecule has 0 aromatic carbocycles. The second-order valence-electron chi connectivity index (χ2n) is 4.16. The van der Waals surface area contributed by atoms with Crippen molar-refractivity contribution in [3.63, 3.8) is 0 Å². The number of rotatable bonds is 5. The van der Waals surface area contributed by atoms with E-state index in [1.807, 2.05) is 0 Å². The molecule has 6 nitrogen and oxygen atoms in total. The van der Waals surface area contributed by atoms with E-state index in [2.05, 4.69) is 10.0 Å². The summed E-state index contributed by atoms with van der Waals surface area (Å²) >= 11 is 0. The maximum Gasteiger partial charge on any atom is 0.279 e. The van der Waals surface area contributed by atoms with E-state index in [1.165, 1.54) is 14.1 Å². The Hall–Kier alpha value is -0.660. The average Bonchev–Trinajstić information content (AvgIpc) is 2.67. The molecule has 1 fully saturated rings. The molecule has 1 rings (SSSR count). The summed E-state index contributed by atoms with van der Waals surface area (Å²) in [5.74, 6) is -0.266. The summed E-state index contributed by atoms with van der Waals surface area (Å²) in [6, 6.07) is 0.219. The zero-order valence-electron chi connectivity index (χ0n) is 9.69. The van der Waals surface area contributed by atoms with Crippen LogP contribution in [0.1, 0.15) is 25.7 Å². The predicted molar refractivity (Wildman–Crippen MR) is 61.0 cm³/mol. The lowest BCUT2D eigenvalue weighted by molar-refractivity contribution is -0.120. The lowest BCUT2D eigenvalue weighted by atomic mass is 10.2. The van der Waals surface area contributed by atoms with Crippen molar-refractivity contribution >= 4 is 16.1 Å². The van der Waals surface area contributed by atoms with Crippen molar-refractivity contribution in [2.45, 2.75) is 31.7 Å². The fraction of sp³-hybridized carbons (Fsp3) is 0.889. The van der Waals surface area contributed by atoms with Crippen LogP contribution in [0.25, 0.3) is 0 Å². The highest BCUT2D eigenvalue weighted by Gasteiger charge is 2.19. The van der Waals surface area contributed by atoms with Crippen molar-refractivity contribution < 1.29 is 13.2 Å². The molecule has 0 bridgehead atoms. The molecule has 0 aromatic heterocycles. The van der Waals surface area contributed by atoms with Crippen molar-refractivity contribution in [1.29, 1.82) is 0 Å². The normalized spacial score (nSPS) is 17.9. The molecule has 0 radical (unpaired) electrons. The van der Waals surface area contributed by atoms with Gasteiger partial charge in [0.1, 0.15) is 0 Å². The molecule has 2 N–H and O–H groups in total. The smallest absolute Gasteiger partial charge is 0.279 e. The van der Waals surface area contributed by atoms with E-state index in [1.54, 1.807) is 0 Å². The lowest BCUT2D eigenvalue weighted by Gasteiger charge is -2.14. The number of amides is 1. The van der Waals surface area contributed by atoms with E-state index in [0.717, 1.165) is 30.0 Å². The van der Waals surface area contributed by atoms with E-state index >= 15 is 0 Å². The van der Waals surface area contributed by atoms with E-state index in [0.29, 0.717) is 0 Å². The third-order valence-corrected chi connectivity index (χ3v) is 4.09. The molecule has 1 aliphatic rings. The Kier molecular flexibility index (Phi) is 4.69. The molecule has 16 heavy (non-hydrogen) atoms. The van der Waals surface area contributed by atoms with Gasteiger partial charge in [-0.3, -0.25) is 4.79 Å². The average molecular weight is 249 g/mol. The minimum absolute atomic E-state index is 0.197. The molecular weight excluding hydrogens is 230 g/mol. The zero-order chi connectivity index (χ0) is 12.2. The number of hydrogen-bond donors (Lipinski definition) is 2. The number of carbonyl (C=O) groups excluding carboxylic acids is 1. The highest BCUT2D eigenvalue weighted by molar-refractivity contribution is 7.87. The zero-order valence-corrected chi connectivity index (χ0v) is 10.5. The molecule has 0 spiro atoms. The van der Waals surface area contributed by atoms with Crippen LogP contribution < -0.4 is 10.0 Å². The molecule has 94 valence electrons. The van der Waals surface area contributed by atoms with Crippen LogP contribution in [0, 0.1) is 0 Å². The molecule has 7 heteroatoms. The largest absolute Gasteiger partial charge is 0.352 e. The topological polar surface area (TPSA) is 78.5 Å². The molecule has 0 atom stereocenters. The first-order chi connectivity index (χ1) is 7.42. The van der Waals surface area contributed by atoms with Crippen LogP contribution in [-0.4, -0.2) is 45.3 Å². The van der Waals surface area contributed by atoms with Crippen LogP contribution in [-0.2, 0) is 15.0 Å². The summed E-state index contributed by atoms with van der Waals surface area (Å²) in [6.45, 7) is -0.197. The molecular formula is C9H19N3O3S. The Morgan fingerprint density at radius 1 is 1.31 bits per heavy atom. The van der Waals surface area contributed by atoms with Crippen LogP contribution >= 0.6 is 0 Å². The van der Waals surface area contributed by atoms with Gasteiger partial charge in [-0.25, -0.2) is 0 Å². The third kappa shape index (κ3) is 4.07. The minimum atomic E-state index is -3.50. The molecule has 0 heterocycles. The first-order valence-electron chi connectivity index (χ1n) is 5.38. The summed E-state index contributed by atoms with van der Waals surface area (Å²) in [4.78, 5) is 11.4. The lowest BCUT2D eigenvalue weighted by Crippen LogP contribution is -2.44. The van der Waals surface area contributed by atoms with Gasteiger partial charge >= 0.3 is 0 Å². The van der Waals surface area contributed by atoms with Gasteiger partial charge in [0.25, 0.3) is 10.2 Å². The predicted octanol–water partition coefficient (Wildman–Crippen LogP) is -0.559. The van der Waals surface area contributed by atoms with Crippen molar-refractivity contribution in [1.82, 2.24) is 14.3 Å². The van der Waals surface area contributed by atoms with Crippen molar-refractivity contribution in [3.05, 3.63) is 0 Å². The number of hydrogen-bond acceptors (Lipinski definition) is 3. The first kappa shape index (κ1) is 13.4. The summed E-state index contributed by atoms with van der Waals surface area (Å²) in [5, 5.41) is 2.81. The van der Waals surface area contributed by atoms with Crippen molar-refractivity contribution in [3.8, 4) is 0 Å². The van der Waals surface area contributed by atoms with Gasteiger partial charge in [-0.2, -0.15) is 17.4 Å². The van der Waals surface area contributed by atoms with Gasteiger partial charge in [-0.15, -0.1) is 0 Å². The van der Waals surface area contributed by atoms with Crippen molar-refractivity contribution in [2.24, 2.45) is 0 Å². The second-order valence-corrected chi connectivity index (χ2v) is 6.13. The van der Waals surface area contributed by atoms with Gasteiger partial charge in [0.2, 0.25) is 5.91 Å². The maximum atomic E-state index is 11.4. The van der Waals surface area contributed by atoms with E-state index < -0.39 is 10.2 Å². The monoisotopic (exact) mass is 249 g/mol. The molecule has 0 saturated heterocycles. The van der Waals surface area contributed by atoms with Crippen LogP contribution in [0.3, 0.4) is 0 Å². The Bertz CT molecular complexity index is 334. The summed E-state index contributed by atoms with van der Waals surface area (Å²) in [5.41, 5.74) is 0. The molecule has 0 unspecified atom stereocenters. The van der Waals surface area contributed by atoms with E-state index in [4.69, 9.17) is 0 Å². The van der Waals surface area contributed by atoms with Gasteiger partial charge < -0.3 is 5.32 Å². The van der Waals surface area contributed by atoms with Crippen LogP contribution in [0.4, 0.5) is 0 Å². The Labute approximate surface area is 96.6 Å². The van der Waals surface area contributed by atoms with E-state index in [-0.39, 0.29) is 18.5 Å². The fourth-order valence-electron chi connectivity index (χ4n) is 1.63. The van der Waals surface area contributed by atoms with Gasteiger partial charge in [-0.05, 0) is 12.8 Å². The minimum Gasteiger partial charge on any atom is -0.352 e. The standard InChI is InChI=1S/C9H19N3O3S/c1-12(2)16(14,15)10-7-9(13)11-8-5-3-4-6-8/h8,10H,3-7H2,1-2H3,(H,11,13). The Morgan fingerprint density at radius 2 is 1.88 bits per heavy atom.